The maximum atomic E-state index is 13.4. The van der Waals surface area contributed by atoms with E-state index in [4.69, 9.17) is 4.74 Å². The van der Waals surface area contributed by atoms with E-state index in [0.29, 0.717) is 17.0 Å². The third kappa shape index (κ3) is 3.99. The van der Waals surface area contributed by atoms with Gasteiger partial charge in [0.25, 0.3) is 5.91 Å². The molecule has 1 atom stereocenters. The van der Waals surface area contributed by atoms with Crippen LogP contribution in [0.5, 0.6) is 11.5 Å². The molecule has 1 unspecified atom stereocenters. The van der Waals surface area contributed by atoms with Gasteiger partial charge in [0.2, 0.25) is 5.91 Å². The Morgan fingerprint density at radius 2 is 1.50 bits per heavy atom. The number of ether oxygens (including phenoxy) is 1. The van der Waals surface area contributed by atoms with Crippen molar-refractivity contribution < 1.29 is 14.3 Å². The Bertz CT molecular complexity index is 1560. The molecule has 1 aromatic heterocycles. The minimum Gasteiger partial charge on any atom is -0.457 e. The number of carbonyl (C=O) groups excluding carboxylic acids is 2. The van der Waals surface area contributed by atoms with Crippen LogP contribution >= 0.6 is 0 Å². The van der Waals surface area contributed by atoms with E-state index < -0.39 is 0 Å². The highest BCUT2D eigenvalue weighted by atomic mass is 16.5. The van der Waals surface area contributed by atoms with Crippen molar-refractivity contribution in [3.8, 4) is 11.5 Å². The molecule has 0 aliphatic carbocycles. The summed E-state index contributed by atoms with van der Waals surface area (Å²) >= 11 is 0. The fourth-order valence-electron chi connectivity index (χ4n) is 4.77. The second-order valence-electron chi connectivity index (χ2n) is 8.70. The predicted molar refractivity (Wildman–Crippen MR) is 139 cm³/mol. The number of amides is 2. The zero-order chi connectivity index (χ0) is 24.5. The molecule has 6 nitrogen and oxygen atoms in total. The lowest BCUT2D eigenvalue weighted by Crippen LogP contribution is -2.36. The van der Waals surface area contributed by atoms with Gasteiger partial charge in [0.15, 0.2) is 0 Å². The summed E-state index contributed by atoms with van der Waals surface area (Å²) in [5.41, 5.74) is 4.13. The van der Waals surface area contributed by atoms with Crippen molar-refractivity contribution in [1.29, 1.82) is 0 Å². The van der Waals surface area contributed by atoms with Gasteiger partial charge in [0.1, 0.15) is 18.0 Å². The minimum absolute atomic E-state index is 0.0695. The van der Waals surface area contributed by atoms with Gasteiger partial charge in [-0.15, -0.1) is 0 Å². The van der Waals surface area contributed by atoms with Crippen molar-refractivity contribution in [2.45, 2.75) is 6.04 Å². The predicted octanol–water partition coefficient (Wildman–Crippen LogP) is 6.14. The number of H-pyrrole nitrogens is 1. The second kappa shape index (κ2) is 9.07. The van der Waals surface area contributed by atoms with Crippen LogP contribution in [0.25, 0.3) is 10.9 Å². The highest BCUT2D eigenvalue weighted by Gasteiger charge is 2.39. The number of hydrogen-bond acceptors (Lipinski definition) is 3. The van der Waals surface area contributed by atoms with Crippen LogP contribution in [-0.4, -0.2) is 28.2 Å². The van der Waals surface area contributed by atoms with Gasteiger partial charge in [-0.3, -0.25) is 9.59 Å². The van der Waals surface area contributed by atoms with Crippen molar-refractivity contribution in [2.24, 2.45) is 0 Å². The van der Waals surface area contributed by atoms with E-state index in [9.17, 15) is 9.59 Å². The number of carbonyl (C=O) groups is 2. The third-order valence-electron chi connectivity index (χ3n) is 6.41. The van der Waals surface area contributed by atoms with Crippen molar-refractivity contribution in [3.05, 3.63) is 126 Å². The van der Waals surface area contributed by atoms with Gasteiger partial charge in [-0.25, -0.2) is 0 Å². The highest BCUT2D eigenvalue weighted by Crippen LogP contribution is 2.40. The van der Waals surface area contributed by atoms with Crippen LogP contribution in [0, 0.1) is 0 Å². The SMILES string of the molecule is O=C(CN1C(=O)c2ccccc2C1c1c[nH]c2ccccc12)Nc1ccc(Oc2ccccc2)cc1. The Labute approximate surface area is 208 Å². The summed E-state index contributed by atoms with van der Waals surface area (Å²) in [6, 6.07) is 31.9. The Balaban J connectivity index is 1.22. The van der Waals surface area contributed by atoms with Crippen LogP contribution in [0.15, 0.2) is 109 Å². The largest absolute Gasteiger partial charge is 0.457 e. The van der Waals surface area contributed by atoms with Crippen molar-refractivity contribution in [1.82, 2.24) is 9.88 Å². The van der Waals surface area contributed by atoms with E-state index in [0.717, 1.165) is 27.8 Å². The molecule has 2 heterocycles. The van der Waals surface area contributed by atoms with E-state index in [2.05, 4.69) is 10.3 Å². The Morgan fingerprint density at radius 3 is 2.33 bits per heavy atom. The Kier molecular flexibility index (Phi) is 5.46. The number of aromatic nitrogens is 1. The van der Waals surface area contributed by atoms with E-state index >= 15 is 0 Å². The number of benzene rings is 4. The normalized spacial score (nSPS) is 14.6. The molecule has 0 bridgehead atoms. The lowest BCUT2D eigenvalue weighted by molar-refractivity contribution is -0.117. The number of para-hydroxylation sites is 2. The monoisotopic (exact) mass is 473 g/mol. The van der Waals surface area contributed by atoms with Crippen LogP contribution < -0.4 is 10.1 Å². The van der Waals surface area contributed by atoms with E-state index in [-0.39, 0.29) is 24.4 Å². The summed E-state index contributed by atoms with van der Waals surface area (Å²) in [7, 11) is 0. The first-order valence-corrected chi connectivity index (χ1v) is 11.8. The smallest absolute Gasteiger partial charge is 0.255 e. The Morgan fingerprint density at radius 1 is 0.806 bits per heavy atom. The van der Waals surface area contributed by atoms with E-state index in [1.165, 1.54) is 0 Å². The number of nitrogens with one attached hydrogen (secondary N) is 2. The van der Waals surface area contributed by atoms with Gasteiger partial charge >= 0.3 is 0 Å². The number of fused-ring (bicyclic) bond motifs is 2. The maximum absolute atomic E-state index is 13.4. The molecule has 5 aromatic rings. The second-order valence-corrected chi connectivity index (χ2v) is 8.70. The molecule has 0 saturated heterocycles. The average molecular weight is 474 g/mol. The maximum Gasteiger partial charge on any atom is 0.255 e. The summed E-state index contributed by atoms with van der Waals surface area (Å²) < 4.78 is 5.82. The molecule has 0 fully saturated rings. The van der Waals surface area contributed by atoms with Gasteiger partial charge < -0.3 is 19.9 Å². The fourth-order valence-corrected chi connectivity index (χ4v) is 4.77. The van der Waals surface area contributed by atoms with E-state index in [1.807, 2.05) is 85.1 Å². The van der Waals surface area contributed by atoms with Crippen LogP contribution in [0.1, 0.15) is 27.5 Å². The first-order valence-electron chi connectivity index (χ1n) is 11.8. The molecule has 0 saturated carbocycles. The molecule has 4 aromatic carbocycles. The molecule has 2 N–H and O–H groups in total. The van der Waals surface area contributed by atoms with Crippen LogP contribution in [0.3, 0.4) is 0 Å². The summed E-state index contributed by atoms with van der Waals surface area (Å²) in [5, 5.41) is 3.95. The minimum atomic E-state index is -0.350. The summed E-state index contributed by atoms with van der Waals surface area (Å²) in [5.74, 6) is 0.994. The molecule has 0 radical (unpaired) electrons. The number of hydrogen-bond donors (Lipinski definition) is 2. The quantitative estimate of drug-likeness (QED) is 0.311. The molecule has 176 valence electrons. The molecular weight excluding hydrogens is 450 g/mol. The van der Waals surface area contributed by atoms with Gasteiger partial charge in [0, 0.05) is 33.9 Å². The third-order valence-corrected chi connectivity index (χ3v) is 6.41. The fraction of sp³-hybridized carbons (Fsp3) is 0.0667. The molecule has 6 rings (SSSR count). The lowest BCUT2D eigenvalue weighted by atomic mass is 9.97. The summed E-state index contributed by atoms with van der Waals surface area (Å²) in [6.45, 7) is -0.0695. The van der Waals surface area contributed by atoms with Crippen molar-refractivity contribution in [3.63, 3.8) is 0 Å². The Hall–Kier alpha value is -4.84. The van der Waals surface area contributed by atoms with Crippen molar-refractivity contribution >= 4 is 28.4 Å². The zero-order valence-electron chi connectivity index (χ0n) is 19.3. The van der Waals surface area contributed by atoms with Gasteiger partial charge in [0.05, 0.1) is 6.04 Å². The lowest BCUT2D eigenvalue weighted by Gasteiger charge is -2.25. The number of rotatable bonds is 6. The molecule has 6 heteroatoms. The van der Waals surface area contributed by atoms with Gasteiger partial charge in [-0.1, -0.05) is 54.6 Å². The molecular formula is C30H23N3O3. The van der Waals surface area contributed by atoms with Gasteiger partial charge in [-0.2, -0.15) is 0 Å². The average Bonchev–Trinajstić information content (AvgIpc) is 3.45. The van der Waals surface area contributed by atoms with Crippen LogP contribution in [-0.2, 0) is 4.79 Å². The molecule has 1 aliphatic rings. The summed E-state index contributed by atoms with van der Waals surface area (Å²) in [4.78, 5) is 31.4. The highest BCUT2D eigenvalue weighted by molar-refractivity contribution is 6.04. The topological polar surface area (TPSA) is 74.4 Å². The van der Waals surface area contributed by atoms with E-state index in [1.54, 1.807) is 29.2 Å². The standard InChI is InChI=1S/C30H23N3O3/c34-28(32-20-14-16-22(17-15-20)36-21-8-2-1-3-9-21)19-33-29(24-11-4-5-12-25(24)30(33)35)26-18-31-27-13-7-6-10-23(26)27/h1-18,29,31H,19H2,(H,32,34). The van der Waals surface area contributed by atoms with Crippen LogP contribution in [0.2, 0.25) is 0 Å². The first-order chi connectivity index (χ1) is 17.7. The first kappa shape index (κ1) is 21.7. The molecule has 36 heavy (non-hydrogen) atoms. The van der Waals surface area contributed by atoms with Gasteiger partial charge in [-0.05, 0) is 54.1 Å². The van der Waals surface area contributed by atoms with Crippen molar-refractivity contribution in [2.75, 3.05) is 11.9 Å². The number of nitrogens with zero attached hydrogens (tertiary/aromatic N) is 1. The molecule has 1 aliphatic heterocycles. The molecule has 2 amide bonds. The molecule has 0 spiro atoms. The number of anilines is 1. The zero-order valence-corrected chi connectivity index (χ0v) is 19.3. The van der Waals surface area contributed by atoms with Crippen LogP contribution in [0.4, 0.5) is 5.69 Å². The summed E-state index contributed by atoms with van der Waals surface area (Å²) in [6.07, 6.45) is 1.93. The number of aromatic amines is 1.